The molecular formula is C25H24ClNO3S2. The molecule has 0 N–H and O–H groups in total. The van der Waals surface area contributed by atoms with Gasteiger partial charge in [-0.1, -0.05) is 59.9 Å². The summed E-state index contributed by atoms with van der Waals surface area (Å²) in [4.78, 5) is 32.1. The van der Waals surface area contributed by atoms with E-state index in [9.17, 15) is 9.59 Å². The Morgan fingerprint density at radius 3 is 2.41 bits per heavy atom. The van der Waals surface area contributed by atoms with Crippen molar-refractivity contribution in [3.63, 3.8) is 0 Å². The summed E-state index contributed by atoms with van der Waals surface area (Å²) >= 11 is 8.85. The van der Waals surface area contributed by atoms with Crippen LogP contribution < -0.4 is 0 Å². The predicted octanol–water partition coefficient (Wildman–Crippen LogP) is 6.93. The highest BCUT2D eigenvalue weighted by molar-refractivity contribution is 8.03. The van der Waals surface area contributed by atoms with Crippen LogP contribution >= 0.6 is 35.1 Å². The van der Waals surface area contributed by atoms with Gasteiger partial charge in [0.25, 0.3) is 0 Å². The maximum Gasteiger partial charge on any atom is 0.331 e. The number of halogens is 1. The van der Waals surface area contributed by atoms with Gasteiger partial charge in [0.2, 0.25) is 5.78 Å². The van der Waals surface area contributed by atoms with Crippen LogP contribution in [0.15, 0.2) is 105 Å². The van der Waals surface area contributed by atoms with Crippen LogP contribution in [0, 0.1) is 0 Å². The lowest BCUT2D eigenvalue weighted by molar-refractivity contribution is -0.140. The SMILES string of the molecule is C=C/C=C(\C=C/CCl)SCC/C(=N\OC(C)=O)C(=O)c1ccc(Sc2ccccc2)cc1. The normalized spacial score (nSPS) is 12.1. The van der Waals surface area contributed by atoms with Gasteiger partial charge in [-0.05, 0) is 42.5 Å². The van der Waals surface area contributed by atoms with Crippen molar-refractivity contribution in [3.8, 4) is 0 Å². The van der Waals surface area contributed by atoms with Gasteiger partial charge in [0.15, 0.2) is 0 Å². The second-order valence-corrected chi connectivity index (χ2v) is 8.97. The number of hydrogen-bond acceptors (Lipinski definition) is 6. The number of benzene rings is 2. The van der Waals surface area contributed by atoms with E-state index in [1.807, 2.05) is 60.7 Å². The molecule has 0 unspecified atom stereocenters. The average Bonchev–Trinajstić information content (AvgIpc) is 2.80. The number of nitrogens with zero attached hydrogens (tertiary/aromatic N) is 1. The maximum atomic E-state index is 13.0. The Balaban J connectivity index is 2.08. The molecule has 4 nitrogen and oxygen atoms in total. The van der Waals surface area contributed by atoms with Gasteiger partial charge in [0.05, 0.1) is 0 Å². The highest BCUT2D eigenvalue weighted by atomic mass is 35.5. The zero-order valence-corrected chi connectivity index (χ0v) is 20.1. The Morgan fingerprint density at radius 2 is 1.78 bits per heavy atom. The molecule has 0 heterocycles. The van der Waals surface area contributed by atoms with Gasteiger partial charge >= 0.3 is 5.97 Å². The van der Waals surface area contributed by atoms with Crippen LogP contribution in [0.3, 0.4) is 0 Å². The number of carbonyl (C=O) groups is 2. The van der Waals surface area contributed by atoms with Crippen molar-refractivity contribution in [1.29, 1.82) is 0 Å². The van der Waals surface area contributed by atoms with Gasteiger partial charge < -0.3 is 4.84 Å². The summed E-state index contributed by atoms with van der Waals surface area (Å²) in [7, 11) is 0. The Morgan fingerprint density at radius 1 is 1.09 bits per heavy atom. The number of oxime groups is 1. The summed E-state index contributed by atoms with van der Waals surface area (Å²) in [5.41, 5.74) is 0.678. The molecular weight excluding hydrogens is 462 g/mol. The molecule has 2 aromatic rings. The van der Waals surface area contributed by atoms with Crippen molar-refractivity contribution in [3.05, 3.63) is 95.9 Å². The Hall–Kier alpha value is -2.54. The number of Topliss-reactive ketones (excluding diaryl/α,β-unsaturated/α-hetero) is 1. The lowest BCUT2D eigenvalue weighted by Crippen LogP contribution is -2.16. The molecule has 166 valence electrons. The fourth-order valence-corrected chi connectivity index (χ4v) is 4.32. The van der Waals surface area contributed by atoms with Crippen LogP contribution in [0.5, 0.6) is 0 Å². The smallest absolute Gasteiger partial charge is 0.318 e. The van der Waals surface area contributed by atoms with Gasteiger partial charge in [-0.15, -0.1) is 23.4 Å². The van der Waals surface area contributed by atoms with E-state index in [1.54, 1.807) is 30.0 Å². The molecule has 2 aromatic carbocycles. The molecule has 0 spiro atoms. The topological polar surface area (TPSA) is 55.7 Å². The first-order valence-corrected chi connectivity index (χ1v) is 12.2. The first-order valence-electron chi connectivity index (χ1n) is 9.83. The molecule has 0 atom stereocenters. The second kappa shape index (κ2) is 14.5. The molecule has 0 aromatic heterocycles. The number of carbonyl (C=O) groups excluding carboxylic acids is 2. The third-order valence-corrected chi connectivity index (χ3v) is 6.11. The first-order chi connectivity index (χ1) is 15.5. The fourth-order valence-electron chi connectivity index (χ4n) is 2.48. The lowest BCUT2D eigenvalue weighted by atomic mass is 10.1. The van der Waals surface area contributed by atoms with Gasteiger partial charge in [0, 0.05) is 45.2 Å². The van der Waals surface area contributed by atoms with E-state index in [0.29, 0.717) is 23.6 Å². The van der Waals surface area contributed by atoms with Crippen LogP contribution in [-0.2, 0) is 9.63 Å². The van der Waals surface area contributed by atoms with Gasteiger partial charge in [-0.2, -0.15) is 0 Å². The van der Waals surface area contributed by atoms with E-state index in [0.717, 1.165) is 14.7 Å². The zero-order valence-electron chi connectivity index (χ0n) is 17.7. The molecule has 0 saturated carbocycles. The number of thioether (sulfide) groups is 1. The van der Waals surface area contributed by atoms with Crippen molar-refractivity contribution < 1.29 is 14.4 Å². The van der Waals surface area contributed by atoms with Crippen LogP contribution in [0.2, 0.25) is 0 Å². The van der Waals surface area contributed by atoms with E-state index in [2.05, 4.69) is 11.7 Å². The second-order valence-electron chi connectivity index (χ2n) is 6.35. The third kappa shape index (κ3) is 9.30. The summed E-state index contributed by atoms with van der Waals surface area (Å²) < 4.78 is 0. The quantitative estimate of drug-likeness (QED) is 0.0814. The van der Waals surface area contributed by atoms with E-state index in [-0.39, 0.29) is 11.5 Å². The highest BCUT2D eigenvalue weighted by Crippen LogP contribution is 2.27. The van der Waals surface area contributed by atoms with Crippen molar-refractivity contribution in [2.75, 3.05) is 11.6 Å². The van der Waals surface area contributed by atoms with Crippen LogP contribution in [0.25, 0.3) is 0 Å². The Labute approximate surface area is 202 Å². The summed E-state index contributed by atoms with van der Waals surface area (Å²) in [6.45, 7) is 4.96. The number of allylic oxidation sites excluding steroid dienone is 4. The largest absolute Gasteiger partial charge is 0.331 e. The Bertz CT molecular complexity index is 1000. The highest BCUT2D eigenvalue weighted by Gasteiger charge is 2.16. The maximum absolute atomic E-state index is 13.0. The molecule has 7 heteroatoms. The number of ketones is 1. The van der Waals surface area contributed by atoms with E-state index < -0.39 is 5.97 Å². The van der Waals surface area contributed by atoms with Crippen LogP contribution in [0.1, 0.15) is 23.7 Å². The van der Waals surface area contributed by atoms with Gasteiger partial charge in [-0.25, -0.2) is 4.79 Å². The molecule has 0 radical (unpaired) electrons. The van der Waals surface area contributed by atoms with E-state index >= 15 is 0 Å². The Kier molecular flexibility index (Phi) is 11.7. The molecule has 0 fully saturated rings. The van der Waals surface area contributed by atoms with Crippen LogP contribution in [0.4, 0.5) is 0 Å². The van der Waals surface area contributed by atoms with Crippen molar-refractivity contribution in [2.24, 2.45) is 5.16 Å². The number of hydrogen-bond donors (Lipinski definition) is 0. The average molecular weight is 486 g/mol. The minimum atomic E-state index is -0.574. The standard InChI is InChI=1S/C25H24ClNO3S2/c1-3-8-21(11-7-17-26)31-18-16-24(27-30-19(2)28)25(29)20-12-14-23(15-13-20)32-22-9-5-4-6-10-22/h3-15H,1,16-18H2,2H3/b11-7-,21-8+,27-24+. The molecule has 0 amide bonds. The third-order valence-electron chi connectivity index (χ3n) is 3.90. The minimum Gasteiger partial charge on any atom is -0.318 e. The lowest BCUT2D eigenvalue weighted by Gasteiger charge is -2.07. The van der Waals surface area contributed by atoms with E-state index in [4.69, 9.17) is 16.4 Å². The molecule has 0 aliphatic rings. The van der Waals surface area contributed by atoms with Crippen molar-refractivity contribution >= 4 is 52.6 Å². The van der Waals surface area contributed by atoms with Gasteiger partial charge in [0.1, 0.15) is 5.71 Å². The molecule has 0 aliphatic carbocycles. The van der Waals surface area contributed by atoms with Crippen LogP contribution in [-0.4, -0.2) is 29.1 Å². The first kappa shape index (κ1) is 25.7. The zero-order chi connectivity index (χ0) is 23.2. The summed E-state index contributed by atoms with van der Waals surface area (Å²) in [6.07, 6.45) is 7.61. The number of rotatable bonds is 12. The molecule has 0 aliphatic heterocycles. The minimum absolute atomic E-state index is 0.190. The van der Waals surface area contributed by atoms with Crippen molar-refractivity contribution in [2.45, 2.75) is 23.1 Å². The summed E-state index contributed by atoms with van der Waals surface area (Å²) in [5, 5.41) is 3.81. The fraction of sp³-hybridized carbons (Fsp3) is 0.160. The molecule has 2 rings (SSSR count). The van der Waals surface area contributed by atoms with Gasteiger partial charge in [-0.3, -0.25) is 4.79 Å². The monoisotopic (exact) mass is 485 g/mol. The van der Waals surface area contributed by atoms with E-state index in [1.165, 1.54) is 18.7 Å². The molecule has 0 bridgehead atoms. The predicted molar refractivity (Wildman–Crippen MR) is 136 cm³/mol. The molecule has 32 heavy (non-hydrogen) atoms. The summed E-state index contributed by atoms with van der Waals surface area (Å²) in [5.74, 6) is 0.134. The number of alkyl halides is 1. The van der Waals surface area contributed by atoms with Crippen molar-refractivity contribution in [1.82, 2.24) is 0 Å². The summed E-state index contributed by atoms with van der Waals surface area (Å²) in [6, 6.07) is 17.3. The molecule has 0 saturated heterocycles.